The molecule has 0 bridgehead atoms. The number of nitrogens with one attached hydrogen (secondary N) is 1. The summed E-state index contributed by atoms with van der Waals surface area (Å²) in [5.41, 5.74) is 3.87. The molecule has 2 heterocycles. The minimum Gasteiger partial charge on any atom is -0.480 e. The van der Waals surface area contributed by atoms with E-state index in [0.29, 0.717) is 18.9 Å². The Labute approximate surface area is 186 Å². The fraction of sp³-hybridized carbons (Fsp3) is 0.889. The van der Waals surface area contributed by atoms with Crippen molar-refractivity contribution in [2.24, 2.45) is 5.73 Å². The quantitative estimate of drug-likeness (QED) is 0.580. The van der Waals surface area contributed by atoms with Crippen LogP contribution in [-0.2, 0) is 9.59 Å². The Kier molecular flexibility index (Phi) is 11.2. The van der Waals surface area contributed by atoms with Gasteiger partial charge >= 0.3 is 5.97 Å². The van der Waals surface area contributed by atoms with E-state index in [1.54, 1.807) is 0 Å². The van der Waals surface area contributed by atoms with Crippen molar-refractivity contribution < 1.29 is 14.7 Å². The highest BCUT2D eigenvalue weighted by Crippen LogP contribution is 2.42. The summed E-state index contributed by atoms with van der Waals surface area (Å²) < 4.78 is 0. The average Bonchev–Trinajstić information content (AvgIpc) is 2.63. The van der Waals surface area contributed by atoms with Gasteiger partial charge in [-0.25, -0.2) is 0 Å². The number of carbonyl (C=O) groups excluding carboxylic acids is 1. The molecule has 2 aliphatic heterocycles. The molecule has 0 aromatic rings. The van der Waals surface area contributed by atoms with Crippen molar-refractivity contribution in [3.05, 3.63) is 0 Å². The molecule has 28 heavy (non-hydrogen) atoms. The summed E-state index contributed by atoms with van der Waals surface area (Å²) >= 11 is 0. The topological polar surface area (TPSA) is 98.9 Å². The lowest BCUT2D eigenvalue weighted by molar-refractivity contribution is -0.162. The van der Waals surface area contributed by atoms with E-state index in [1.807, 2.05) is 0 Å². The Morgan fingerprint density at radius 3 is 2.04 bits per heavy atom. The summed E-state index contributed by atoms with van der Waals surface area (Å²) in [6, 6.07) is 0.602. The van der Waals surface area contributed by atoms with Crippen molar-refractivity contribution in [2.45, 2.75) is 62.6 Å². The molecule has 0 spiro atoms. The third-order valence-corrected chi connectivity index (χ3v) is 6.74. The molecule has 2 saturated heterocycles. The van der Waals surface area contributed by atoms with E-state index in [-0.39, 0.29) is 43.0 Å². The molecule has 3 fully saturated rings. The van der Waals surface area contributed by atoms with Gasteiger partial charge in [0.1, 0.15) is 11.1 Å². The van der Waals surface area contributed by atoms with E-state index in [2.05, 4.69) is 15.1 Å². The molecule has 0 radical (unpaired) electrons. The van der Waals surface area contributed by atoms with Gasteiger partial charge in [0.05, 0.1) is 0 Å². The molecule has 0 aromatic carbocycles. The zero-order valence-corrected chi connectivity index (χ0v) is 19.0. The fourth-order valence-electron chi connectivity index (χ4n) is 5.29. The molecule has 10 heteroatoms. The lowest BCUT2D eigenvalue weighted by Gasteiger charge is -2.55. The highest BCUT2D eigenvalue weighted by molar-refractivity contribution is 5.96. The number of hydrogen-bond donors (Lipinski definition) is 3. The second-order valence-electron chi connectivity index (χ2n) is 7.90. The first kappa shape index (κ1) is 27.8. The van der Waals surface area contributed by atoms with Gasteiger partial charge in [0, 0.05) is 32.2 Å². The van der Waals surface area contributed by atoms with Gasteiger partial charge in [-0.2, -0.15) is 0 Å². The molecular weight excluding hydrogens is 427 g/mol. The number of Topliss-reactive ketones (excluding diaryl/α,β-unsaturated/α-hetero) is 1. The maximum Gasteiger partial charge on any atom is 0.326 e. The summed E-state index contributed by atoms with van der Waals surface area (Å²) in [6.07, 6.45) is 4.88. The fourth-order valence-corrected chi connectivity index (χ4v) is 5.29. The van der Waals surface area contributed by atoms with Crippen LogP contribution in [0.2, 0.25) is 0 Å². The number of ketones is 1. The van der Waals surface area contributed by atoms with E-state index in [1.165, 1.54) is 6.92 Å². The van der Waals surface area contributed by atoms with Crippen LogP contribution in [0.5, 0.6) is 0 Å². The molecule has 166 valence electrons. The summed E-state index contributed by atoms with van der Waals surface area (Å²) in [7, 11) is 0. The number of piperidine rings is 1. The molecule has 4 N–H and O–H groups in total. The van der Waals surface area contributed by atoms with Gasteiger partial charge in [-0.05, 0) is 45.7 Å². The highest BCUT2D eigenvalue weighted by atomic mass is 35.5. The van der Waals surface area contributed by atoms with Crippen molar-refractivity contribution in [1.82, 2.24) is 15.1 Å². The number of halogens is 3. The second kappa shape index (κ2) is 11.3. The molecule has 3 rings (SSSR count). The van der Waals surface area contributed by atoms with Gasteiger partial charge in [0.2, 0.25) is 0 Å². The van der Waals surface area contributed by atoms with E-state index in [0.717, 1.165) is 65.0 Å². The number of carboxylic acids is 1. The van der Waals surface area contributed by atoms with Crippen LogP contribution in [0.3, 0.4) is 0 Å². The van der Waals surface area contributed by atoms with E-state index < -0.39 is 17.0 Å². The zero-order valence-electron chi connectivity index (χ0n) is 16.5. The Bertz CT molecular complexity index is 528. The second-order valence-corrected chi connectivity index (χ2v) is 7.90. The van der Waals surface area contributed by atoms with E-state index in [9.17, 15) is 14.7 Å². The minimum absolute atomic E-state index is 0. The Balaban J connectivity index is 0.00000243. The lowest BCUT2D eigenvalue weighted by Crippen LogP contribution is -2.78. The van der Waals surface area contributed by atoms with Gasteiger partial charge < -0.3 is 16.2 Å². The first-order chi connectivity index (χ1) is 11.9. The molecule has 1 aliphatic carbocycles. The van der Waals surface area contributed by atoms with Crippen molar-refractivity contribution >= 4 is 49.0 Å². The van der Waals surface area contributed by atoms with Crippen LogP contribution in [0.1, 0.15) is 45.4 Å². The number of piperazine rings is 1. The van der Waals surface area contributed by atoms with Crippen LogP contribution in [0.15, 0.2) is 0 Å². The van der Waals surface area contributed by atoms with Gasteiger partial charge in [-0.3, -0.25) is 19.4 Å². The largest absolute Gasteiger partial charge is 0.480 e. The van der Waals surface area contributed by atoms with Gasteiger partial charge in [0.15, 0.2) is 5.78 Å². The predicted octanol–water partition coefficient (Wildman–Crippen LogP) is 1.31. The minimum atomic E-state index is -1.48. The molecule has 3 aliphatic rings. The Morgan fingerprint density at radius 1 is 1.00 bits per heavy atom. The Morgan fingerprint density at radius 2 is 1.54 bits per heavy atom. The molecule has 0 amide bonds. The average molecular weight is 462 g/mol. The molecule has 2 atom stereocenters. The number of aliphatic carboxylic acids is 1. The third kappa shape index (κ3) is 4.77. The van der Waals surface area contributed by atoms with Gasteiger partial charge in [0.25, 0.3) is 0 Å². The van der Waals surface area contributed by atoms with Crippen LogP contribution < -0.4 is 11.1 Å². The molecular formula is C18H35Cl3N4O3. The van der Waals surface area contributed by atoms with Crippen LogP contribution >= 0.6 is 37.2 Å². The smallest absolute Gasteiger partial charge is 0.326 e. The molecule has 1 saturated carbocycles. The van der Waals surface area contributed by atoms with Crippen LogP contribution in [0.25, 0.3) is 0 Å². The number of nitrogens with two attached hydrogens (primary N) is 1. The summed E-state index contributed by atoms with van der Waals surface area (Å²) in [6.45, 7) is 6.85. The summed E-state index contributed by atoms with van der Waals surface area (Å²) in [5, 5.41) is 13.2. The van der Waals surface area contributed by atoms with E-state index in [4.69, 9.17) is 5.73 Å². The third-order valence-electron chi connectivity index (χ3n) is 6.74. The lowest BCUT2D eigenvalue weighted by atomic mass is 9.64. The van der Waals surface area contributed by atoms with Crippen molar-refractivity contribution in [3.8, 4) is 0 Å². The maximum absolute atomic E-state index is 12.7. The zero-order chi connectivity index (χ0) is 18.1. The van der Waals surface area contributed by atoms with Crippen LogP contribution in [0.4, 0.5) is 0 Å². The number of rotatable bonds is 4. The maximum atomic E-state index is 12.7. The monoisotopic (exact) mass is 460 g/mol. The summed E-state index contributed by atoms with van der Waals surface area (Å²) in [5.74, 6) is -1.13. The first-order valence-electron chi connectivity index (χ1n) is 9.65. The molecule has 7 nitrogen and oxygen atoms in total. The Hall–Kier alpha value is -0.150. The number of carboxylic acid groups (broad SMARTS) is 1. The molecule has 2 unspecified atom stereocenters. The van der Waals surface area contributed by atoms with Crippen LogP contribution in [0, 0.1) is 0 Å². The van der Waals surface area contributed by atoms with Gasteiger partial charge in [-0.15, -0.1) is 37.2 Å². The summed E-state index contributed by atoms with van der Waals surface area (Å²) in [4.78, 5) is 29.3. The van der Waals surface area contributed by atoms with Crippen LogP contribution in [-0.4, -0.2) is 83.0 Å². The van der Waals surface area contributed by atoms with Crippen molar-refractivity contribution in [1.29, 1.82) is 0 Å². The number of nitrogens with zero attached hydrogens (tertiary/aromatic N) is 2. The molecule has 0 aromatic heterocycles. The first-order valence-corrected chi connectivity index (χ1v) is 9.65. The van der Waals surface area contributed by atoms with E-state index >= 15 is 0 Å². The number of hydrogen-bond acceptors (Lipinski definition) is 6. The standard InChI is InChI=1S/C18H32N4O3.3ClH/c1-14(23)18(7-3-2-6-17(18,19)16(24)25)22-12-10-21(11-13-22)15-4-8-20-9-5-15;;;/h15,20H,2-13,19H2,1H3,(H,24,25);3*1H. The SMILES string of the molecule is CC(=O)C1(N2CCN(C3CCNCC3)CC2)CCCCC1(N)C(=O)O.Cl.Cl.Cl. The van der Waals surface area contributed by atoms with Gasteiger partial charge in [-0.1, -0.05) is 12.8 Å². The normalized spacial score (nSPS) is 32.4. The number of carbonyl (C=O) groups is 2. The highest BCUT2D eigenvalue weighted by Gasteiger charge is 2.61. The van der Waals surface area contributed by atoms with Crippen molar-refractivity contribution in [3.63, 3.8) is 0 Å². The van der Waals surface area contributed by atoms with Crippen molar-refractivity contribution in [2.75, 3.05) is 39.3 Å². The predicted molar refractivity (Wildman–Crippen MR) is 117 cm³/mol.